The third kappa shape index (κ3) is 5.08. The predicted molar refractivity (Wildman–Crippen MR) is 112 cm³/mol. The van der Waals surface area contributed by atoms with Gasteiger partial charge in [0, 0.05) is 39.6 Å². The topological polar surface area (TPSA) is 58.3 Å². The van der Waals surface area contributed by atoms with Gasteiger partial charge in [0.05, 0.1) is 0 Å². The number of aliphatic imine (C=N–C) groups is 1. The smallest absolute Gasteiger partial charge is 0.193 e. The number of rotatable bonds is 4. The van der Waals surface area contributed by atoms with Crippen molar-refractivity contribution in [1.29, 1.82) is 0 Å². The van der Waals surface area contributed by atoms with Gasteiger partial charge in [-0.1, -0.05) is 13.8 Å². The molecule has 0 saturated carbocycles. The van der Waals surface area contributed by atoms with Gasteiger partial charge in [-0.25, -0.2) is 0 Å². The zero-order chi connectivity index (χ0) is 17.1. The first kappa shape index (κ1) is 20.5. The molecule has 0 radical (unpaired) electrons. The van der Waals surface area contributed by atoms with Gasteiger partial charge in [0.15, 0.2) is 5.96 Å². The molecule has 0 amide bonds. The molecule has 1 N–H and O–H groups in total. The van der Waals surface area contributed by atoms with E-state index in [0.717, 1.165) is 62.0 Å². The van der Waals surface area contributed by atoms with Gasteiger partial charge in [0.25, 0.3) is 0 Å². The van der Waals surface area contributed by atoms with Crippen LogP contribution >= 0.6 is 24.0 Å². The second-order valence-electron chi connectivity index (χ2n) is 7.84. The van der Waals surface area contributed by atoms with Gasteiger partial charge in [-0.05, 0) is 43.9 Å². The SMILES string of the molecule is CN=C(NCC1CCc2nnc(C)n2C1)N1CCC(CC(C)C)C1.I. The summed E-state index contributed by atoms with van der Waals surface area (Å²) in [6.07, 6.45) is 4.83. The molecule has 1 saturated heterocycles. The molecule has 1 aromatic heterocycles. The zero-order valence-electron chi connectivity index (χ0n) is 16.0. The van der Waals surface area contributed by atoms with Crippen LogP contribution in [-0.2, 0) is 13.0 Å². The van der Waals surface area contributed by atoms with E-state index in [-0.39, 0.29) is 24.0 Å². The van der Waals surface area contributed by atoms with Crippen LogP contribution in [0.4, 0.5) is 0 Å². The second-order valence-corrected chi connectivity index (χ2v) is 7.84. The molecule has 1 fully saturated rings. The number of nitrogens with one attached hydrogen (secondary N) is 1. The Morgan fingerprint density at radius 1 is 1.24 bits per heavy atom. The Kier molecular flexibility index (Phi) is 7.51. The predicted octanol–water partition coefficient (Wildman–Crippen LogP) is 2.71. The summed E-state index contributed by atoms with van der Waals surface area (Å²) in [5, 5.41) is 12.1. The molecule has 2 aliphatic heterocycles. The number of halogens is 1. The van der Waals surface area contributed by atoms with Crippen molar-refractivity contribution in [3.05, 3.63) is 11.6 Å². The fourth-order valence-electron chi connectivity index (χ4n) is 4.15. The van der Waals surface area contributed by atoms with Crippen LogP contribution in [0.5, 0.6) is 0 Å². The summed E-state index contributed by atoms with van der Waals surface area (Å²) in [4.78, 5) is 6.96. The summed E-state index contributed by atoms with van der Waals surface area (Å²) in [5.74, 6) is 5.48. The molecule has 2 unspecified atom stereocenters. The first-order valence-corrected chi connectivity index (χ1v) is 9.41. The minimum Gasteiger partial charge on any atom is -0.356 e. The molecular formula is C18H33IN6. The van der Waals surface area contributed by atoms with Gasteiger partial charge in [-0.3, -0.25) is 4.99 Å². The maximum absolute atomic E-state index is 4.52. The number of nitrogens with zero attached hydrogens (tertiary/aromatic N) is 5. The largest absolute Gasteiger partial charge is 0.356 e. The zero-order valence-corrected chi connectivity index (χ0v) is 18.4. The molecule has 1 aromatic rings. The van der Waals surface area contributed by atoms with Crippen LogP contribution in [0.25, 0.3) is 0 Å². The van der Waals surface area contributed by atoms with E-state index in [1.54, 1.807) is 0 Å². The van der Waals surface area contributed by atoms with Crippen LogP contribution in [0, 0.1) is 24.7 Å². The van der Waals surface area contributed by atoms with Crippen molar-refractivity contribution in [3.8, 4) is 0 Å². The molecule has 0 bridgehead atoms. The number of hydrogen-bond acceptors (Lipinski definition) is 3. The number of guanidine groups is 1. The van der Waals surface area contributed by atoms with Crippen molar-refractivity contribution in [1.82, 2.24) is 25.0 Å². The van der Waals surface area contributed by atoms with Crippen molar-refractivity contribution in [2.45, 2.75) is 53.0 Å². The Bertz CT molecular complexity index is 582. The van der Waals surface area contributed by atoms with E-state index in [4.69, 9.17) is 0 Å². The lowest BCUT2D eigenvalue weighted by atomic mass is 9.97. The first-order chi connectivity index (χ1) is 11.6. The standard InChI is InChI=1S/C18H32N6.HI/c1-13(2)9-15-7-8-23(11-15)18(19-4)20-10-16-5-6-17-22-21-14(3)24(17)12-16;/h13,15-16H,5-12H2,1-4H3,(H,19,20);1H. The van der Waals surface area contributed by atoms with Gasteiger partial charge in [-0.2, -0.15) is 0 Å². The van der Waals surface area contributed by atoms with Crippen molar-refractivity contribution in [2.24, 2.45) is 22.7 Å². The van der Waals surface area contributed by atoms with E-state index < -0.39 is 0 Å². The molecule has 6 nitrogen and oxygen atoms in total. The minimum atomic E-state index is 0. The van der Waals surface area contributed by atoms with Crippen LogP contribution in [0.3, 0.4) is 0 Å². The average molecular weight is 460 g/mol. The number of aryl methyl sites for hydroxylation is 2. The molecule has 0 spiro atoms. The molecule has 3 rings (SSSR count). The number of hydrogen-bond donors (Lipinski definition) is 1. The quantitative estimate of drug-likeness (QED) is 0.427. The highest BCUT2D eigenvalue weighted by Crippen LogP contribution is 2.23. The Labute approximate surface area is 168 Å². The van der Waals surface area contributed by atoms with Gasteiger partial charge < -0.3 is 14.8 Å². The summed E-state index contributed by atoms with van der Waals surface area (Å²) in [6.45, 7) is 11.0. The second kappa shape index (κ2) is 9.19. The lowest BCUT2D eigenvalue weighted by Gasteiger charge is -2.27. The Balaban J connectivity index is 0.00000225. The van der Waals surface area contributed by atoms with Crippen LogP contribution in [0.2, 0.25) is 0 Å². The summed E-state index contributed by atoms with van der Waals surface area (Å²) < 4.78 is 2.27. The van der Waals surface area contributed by atoms with Crippen LogP contribution in [0.1, 0.15) is 44.8 Å². The fraction of sp³-hybridized carbons (Fsp3) is 0.833. The highest BCUT2D eigenvalue weighted by Gasteiger charge is 2.26. The van der Waals surface area contributed by atoms with Crippen molar-refractivity contribution >= 4 is 29.9 Å². The van der Waals surface area contributed by atoms with Gasteiger partial charge in [0.2, 0.25) is 0 Å². The molecule has 0 aromatic carbocycles. The van der Waals surface area contributed by atoms with E-state index in [2.05, 4.69) is 43.8 Å². The molecule has 3 heterocycles. The minimum absolute atomic E-state index is 0. The normalized spacial score (nSPS) is 23.6. The highest BCUT2D eigenvalue weighted by molar-refractivity contribution is 14.0. The third-order valence-corrected chi connectivity index (χ3v) is 5.38. The number of aromatic nitrogens is 3. The number of likely N-dealkylation sites (tertiary alicyclic amines) is 1. The lowest BCUT2D eigenvalue weighted by molar-refractivity contribution is 0.350. The fourth-order valence-corrected chi connectivity index (χ4v) is 4.15. The summed E-state index contributed by atoms with van der Waals surface area (Å²) in [6, 6.07) is 0. The molecule has 2 aliphatic rings. The Hall–Kier alpha value is -0.860. The summed E-state index contributed by atoms with van der Waals surface area (Å²) in [7, 11) is 1.90. The van der Waals surface area contributed by atoms with Gasteiger partial charge in [0.1, 0.15) is 11.6 Å². The van der Waals surface area contributed by atoms with E-state index >= 15 is 0 Å². The van der Waals surface area contributed by atoms with E-state index in [0.29, 0.717) is 5.92 Å². The van der Waals surface area contributed by atoms with E-state index in [1.165, 1.54) is 19.3 Å². The Morgan fingerprint density at radius 2 is 2.04 bits per heavy atom. The Morgan fingerprint density at radius 3 is 2.76 bits per heavy atom. The third-order valence-electron chi connectivity index (χ3n) is 5.38. The first-order valence-electron chi connectivity index (χ1n) is 9.41. The molecule has 2 atom stereocenters. The molecule has 7 heteroatoms. The molecule has 0 aliphatic carbocycles. The van der Waals surface area contributed by atoms with Crippen molar-refractivity contribution in [2.75, 3.05) is 26.7 Å². The van der Waals surface area contributed by atoms with E-state index in [1.807, 2.05) is 14.0 Å². The average Bonchev–Trinajstić information content (AvgIpc) is 3.15. The number of fused-ring (bicyclic) bond motifs is 1. The highest BCUT2D eigenvalue weighted by atomic mass is 127. The monoisotopic (exact) mass is 460 g/mol. The molecule has 25 heavy (non-hydrogen) atoms. The van der Waals surface area contributed by atoms with E-state index in [9.17, 15) is 0 Å². The van der Waals surface area contributed by atoms with Crippen LogP contribution < -0.4 is 5.32 Å². The van der Waals surface area contributed by atoms with Gasteiger partial charge in [-0.15, -0.1) is 34.2 Å². The van der Waals surface area contributed by atoms with Crippen LogP contribution in [-0.4, -0.2) is 52.3 Å². The van der Waals surface area contributed by atoms with Crippen molar-refractivity contribution < 1.29 is 0 Å². The molecule has 142 valence electrons. The maximum atomic E-state index is 4.52. The lowest BCUT2D eigenvalue weighted by Crippen LogP contribution is -2.43. The van der Waals surface area contributed by atoms with Crippen LogP contribution in [0.15, 0.2) is 4.99 Å². The summed E-state index contributed by atoms with van der Waals surface area (Å²) >= 11 is 0. The molecular weight excluding hydrogens is 427 g/mol. The maximum Gasteiger partial charge on any atom is 0.193 e. The summed E-state index contributed by atoms with van der Waals surface area (Å²) in [5.41, 5.74) is 0. The van der Waals surface area contributed by atoms with Crippen molar-refractivity contribution in [3.63, 3.8) is 0 Å². The van der Waals surface area contributed by atoms with Gasteiger partial charge >= 0.3 is 0 Å².